The summed E-state index contributed by atoms with van der Waals surface area (Å²) in [6.07, 6.45) is 0.0683. The fourth-order valence-corrected chi connectivity index (χ4v) is 2.75. The standard InChI is InChI=1S/C17H16FNO2/c1-10-8-12(9-11-6-7-15(20)19-16(10)11)17(21)13-4-2-3-5-14(13)18/h2-5,8-9,17,21H,6-7H2,1H3,(H,19,20). The Hall–Kier alpha value is -2.20. The maximum atomic E-state index is 13.8. The van der Waals surface area contributed by atoms with E-state index < -0.39 is 11.9 Å². The van der Waals surface area contributed by atoms with Gasteiger partial charge in [-0.25, -0.2) is 4.39 Å². The van der Waals surface area contributed by atoms with E-state index in [-0.39, 0.29) is 11.5 Å². The molecule has 0 bridgehead atoms. The van der Waals surface area contributed by atoms with Crippen molar-refractivity contribution in [3.63, 3.8) is 0 Å². The predicted molar refractivity (Wildman–Crippen MR) is 78.6 cm³/mol. The Morgan fingerprint density at radius 2 is 2.00 bits per heavy atom. The molecule has 2 N–H and O–H groups in total. The molecule has 4 heteroatoms. The van der Waals surface area contributed by atoms with Crippen LogP contribution < -0.4 is 5.32 Å². The molecule has 3 rings (SSSR count). The van der Waals surface area contributed by atoms with Gasteiger partial charge in [-0.3, -0.25) is 4.79 Å². The molecule has 1 aliphatic rings. The summed E-state index contributed by atoms with van der Waals surface area (Å²) in [4.78, 5) is 11.5. The number of nitrogens with one attached hydrogen (secondary N) is 1. The summed E-state index contributed by atoms with van der Waals surface area (Å²) in [5, 5.41) is 13.3. The van der Waals surface area contributed by atoms with Gasteiger partial charge in [0.15, 0.2) is 0 Å². The Balaban J connectivity index is 2.02. The fraction of sp³-hybridized carbons (Fsp3) is 0.235. The topological polar surface area (TPSA) is 49.3 Å². The van der Waals surface area contributed by atoms with Crippen LogP contribution >= 0.6 is 0 Å². The number of aliphatic hydroxyl groups is 1. The van der Waals surface area contributed by atoms with Gasteiger partial charge in [0.1, 0.15) is 11.9 Å². The Kier molecular flexibility index (Phi) is 3.47. The summed E-state index contributed by atoms with van der Waals surface area (Å²) >= 11 is 0. The Labute approximate surface area is 122 Å². The van der Waals surface area contributed by atoms with E-state index in [0.717, 1.165) is 16.8 Å². The first kappa shape index (κ1) is 13.8. The predicted octanol–water partition coefficient (Wildman–Crippen LogP) is 3.10. The highest BCUT2D eigenvalue weighted by Gasteiger charge is 2.21. The summed E-state index contributed by atoms with van der Waals surface area (Å²) in [7, 11) is 0. The van der Waals surface area contributed by atoms with Gasteiger partial charge in [-0.2, -0.15) is 0 Å². The molecule has 0 saturated heterocycles. The second-order valence-corrected chi connectivity index (χ2v) is 5.34. The lowest BCUT2D eigenvalue weighted by Gasteiger charge is -2.22. The number of carbonyl (C=O) groups excluding carboxylic acids is 1. The number of benzene rings is 2. The highest BCUT2D eigenvalue weighted by atomic mass is 19.1. The normalized spacial score (nSPS) is 15.3. The van der Waals surface area contributed by atoms with Crippen LogP contribution in [0.3, 0.4) is 0 Å². The van der Waals surface area contributed by atoms with Crippen molar-refractivity contribution in [2.75, 3.05) is 5.32 Å². The Bertz CT molecular complexity index is 712. The van der Waals surface area contributed by atoms with Gasteiger partial charge < -0.3 is 10.4 Å². The van der Waals surface area contributed by atoms with Gasteiger partial charge in [0, 0.05) is 17.7 Å². The number of anilines is 1. The van der Waals surface area contributed by atoms with Crippen LogP contribution in [0.15, 0.2) is 36.4 Å². The number of fused-ring (bicyclic) bond motifs is 1. The quantitative estimate of drug-likeness (QED) is 0.890. The van der Waals surface area contributed by atoms with Crippen LogP contribution in [0.5, 0.6) is 0 Å². The molecule has 1 aliphatic heterocycles. The third-order valence-corrected chi connectivity index (χ3v) is 3.84. The third kappa shape index (κ3) is 2.54. The molecule has 21 heavy (non-hydrogen) atoms. The van der Waals surface area contributed by atoms with Gasteiger partial charge in [0.25, 0.3) is 0 Å². The molecule has 0 saturated carbocycles. The number of hydrogen-bond donors (Lipinski definition) is 2. The zero-order chi connectivity index (χ0) is 15.0. The van der Waals surface area contributed by atoms with Crippen LogP contribution in [0.1, 0.15) is 34.8 Å². The molecular weight excluding hydrogens is 269 g/mol. The molecular formula is C17H16FNO2. The van der Waals surface area contributed by atoms with E-state index in [2.05, 4.69) is 5.32 Å². The number of aryl methyl sites for hydroxylation is 2. The van der Waals surface area contributed by atoms with E-state index in [1.165, 1.54) is 6.07 Å². The molecule has 1 amide bonds. The minimum absolute atomic E-state index is 0.00741. The largest absolute Gasteiger partial charge is 0.384 e. The lowest BCUT2D eigenvalue weighted by atomic mass is 9.92. The van der Waals surface area contributed by atoms with Gasteiger partial charge >= 0.3 is 0 Å². The summed E-state index contributed by atoms with van der Waals surface area (Å²) in [5.41, 5.74) is 3.59. The van der Waals surface area contributed by atoms with Crippen molar-refractivity contribution in [1.29, 1.82) is 0 Å². The van der Waals surface area contributed by atoms with Crippen LogP contribution in [0.25, 0.3) is 0 Å². The van der Waals surface area contributed by atoms with E-state index in [1.807, 2.05) is 13.0 Å². The van der Waals surface area contributed by atoms with Crippen molar-refractivity contribution in [3.8, 4) is 0 Å². The number of rotatable bonds is 2. The molecule has 0 fully saturated rings. The highest BCUT2D eigenvalue weighted by Crippen LogP contribution is 2.32. The zero-order valence-electron chi connectivity index (χ0n) is 11.7. The SMILES string of the molecule is Cc1cc(C(O)c2ccccc2F)cc2c1NC(=O)CC2. The molecule has 108 valence electrons. The highest BCUT2D eigenvalue weighted by molar-refractivity contribution is 5.94. The van der Waals surface area contributed by atoms with E-state index in [9.17, 15) is 14.3 Å². The molecule has 1 heterocycles. The van der Waals surface area contributed by atoms with Crippen molar-refractivity contribution >= 4 is 11.6 Å². The molecule has 0 aliphatic carbocycles. The minimum atomic E-state index is -1.01. The maximum absolute atomic E-state index is 13.8. The van der Waals surface area contributed by atoms with Gasteiger partial charge in [0.2, 0.25) is 5.91 Å². The average Bonchev–Trinajstić information content (AvgIpc) is 2.47. The van der Waals surface area contributed by atoms with Gasteiger partial charge in [-0.15, -0.1) is 0 Å². The number of carbonyl (C=O) groups is 1. The molecule has 2 aromatic rings. The lowest BCUT2D eigenvalue weighted by Crippen LogP contribution is -2.20. The molecule has 0 aromatic heterocycles. The molecule has 1 atom stereocenters. The first-order chi connectivity index (χ1) is 10.1. The molecule has 2 aromatic carbocycles. The van der Waals surface area contributed by atoms with E-state index in [4.69, 9.17) is 0 Å². The van der Waals surface area contributed by atoms with Gasteiger partial charge in [-0.1, -0.05) is 30.3 Å². The third-order valence-electron chi connectivity index (χ3n) is 3.84. The van der Waals surface area contributed by atoms with E-state index in [0.29, 0.717) is 18.4 Å². The second kappa shape index (κ2) is 5.30. The van der Waals surface area contributed by atoms with Crippen molar-refractivity contribution in [2.24, 2.45) is 0 Å². The van der Waals surface area contributed by atoms with Crippen molar-refractivity contribution in [3.05, 3.63) is 64.5 Å². The van der Waals surface area contributed by atoms with Gasteiger partial charge in [-0.05, 0) is 36.1 Å². The molecule has 3 nitrogen and oxygen atoms in total. The van der Waals surface area contributed by atoms with Crippen molar-refractivity contribution < 1.29 is 14.3 Å². The number of aliphatic hydroxyl groups excluding tert-OH is 1. The molecule has 0 spiro atoms. The second-order valence-electron chi connectivity index (χ2n) is 5.34. The first-order valence-corrected chi connectivity index (χ1v) is 6.92. The lowest BCUT2D eigenvalue weighted by molar-refractivity contribution is -0.116. The summed E-state index contributed by atoms with van der Waals surface area (Å²) in [6.45, 7) is 1.88. The summed E-state index contributed by atoms with van der Waals surface area (Å²) in [6, 6.07) is 9.85. The van der Waals surface area contributed by atoms with Gasteiger partial charge in [0.05, 0.1) is 0 Å². The number of amides is 1. The average molecular weight is 285 g/mol. The Morgan fingerprint density at radius 3 is 2.76 bits per heavy atom. The van der Waals surface area contributed by atoms with Crippen molar-refractivity contribution in [1.82, 2.24) is 0 Å². The number of halogens is 1. The smallest absolute Gasteiger partial charge is 0.224 e. The monoisotopic (exact) mass is 285 g/mol. The summed E-state index contributed by atoms with van der Waals surface area (Å²) in [5.74, 6) is -0.415. The van der Waals surface area contributed by atoms with Crippen LogP contribution in [0.2, 0.25) is 0 Å². The Morgan fingerprint density at radius 1 is 1.24 bits per heavy atom. The van der Waals surface area contributed by atoms with E-state index >= 15 is 0 Å². The fourth-order valence-electron chi connectivity index (χ4n) is 2.75. The van der Waals surface area contributed by atoms with Crippen LogP contribution in [-0.4, -0.2) is 11.0 Å². The minimum Gasteiger partial charge on any atom is -0.384 e. The van der Waals surface area contributed by atoms with Crippen molar-refractivity contribution in [2.45, 2.75) is 25.9 Å². The molecule has 0 radical (unpaired) electrons. The number of hydrogen-bond acceptors (Lipinski definition) is 2. The van der Waals surface area contributed by atoms with Crippen LogP contribution in [0, 0.1) is 12.7 Å². The summed E-state index contributed by atoms with van der Waals surface area (Å²) < 4.78 is 13.8. The first-order valence-electron chi connectivity index (χ1n) is 6.92. The van der Waals surface area contributed by atoms with E-state index in [1.54, 1.807) is 24.3 Å². The maximum Gasteiger partial charge on any atom is 0.224 e. The van der Waals surface area contributed by atoms with Crippen LogP contribution in [0.4, 0.5) is 10.1 Å². The van der Waals surface area contributed by atoms with Crippen LogP contribution in [-0.2, 0) is 11.2 Å². The zero-order valence-corrected chi connectivity index (χ0v) is 11.7. The molecule has 1 unspecified atom stereocenters.